The van der Waals surface area contributed by atoms with Crippen molar-refractivity contribution in [2.75, 3.05) is 0 Å². The second-order valence-electron chi connectivity index (χ2n) is 0.518. The first-order valence-corrected chi connectivity index (χ1v) is 1.46. The van der Waals surface area contributed by atoms with E-state index in [2.05, 4.69) is 0 Å². The van der Waals surface area contributed by atoms with E-state index in [1.165, 1.54) is 6.92 Å². The molecule has 0 aromatic heterocycles. The first kappa shape index (κ1) is 15.8. The predicted molar refractivity (Wildman–Crippen MR) is 29.5 cm³/mol. The average Bonchev–Trinajstić information content (AvgIpc) is 1.33. The van der Waals surface area contributed by atoms with E-state index in [0.717, 1.165) is 6.29 Å². The molecule has 0 bridgehead atoms. The Kier molecular flexibility index (Phi) is 31.0. The number of hydrogen-bond acceptors (Lipinski definition) is 2. The average molecular weight is 146 g/mol. The Hall–Kier alpha value is 0.576. The fourth-order valence-corrected chi connectivity index (χ4v) is 0. The first-order valence-electron chi connectivity index (χ1n) is 1.46. The van der Waals surface area contributed by atoms with E-state index in [0.29, 0.717) is 0 Å². The van der Waals surface area contributed by atoms with Gasteiger partial charge in [-0.3, -0.25) is 0 Å². The molecule has 0 radical (unpaired) electrons. The molecule has 0 aliphatic rings. The fraction of sp³-hybridized carbons (Fsp3) is 0.333. The molecule has 2 N–H and O–H groups in total. The summed E-state index contributed by atoms with van der Waals surface area (Å²) in [5.41, 5.74) is 0. The van der Waals surface area contributed by atoms with Crippen LogP contribution in [0.2, 0.25) is 0 Å². The molecule has 0 saturated carbocycles. The Morgan fingerprint density at radius 1 is 1.50 bits per heavy atom. The van der Waals surface area contributed by atoms with E-state index >= 15 is 0 Å². The molecule has 0 spiro atoms. The summed E-state index contributed by atoms with van der Waals surface area (Å²) < 4.78 is 0. The van der Waals surface area contributed by atoms with Crippen LogP contribution in [0.25, 0.3) is 0 Å². The maximum atomic E-state index is 8.81. The van der Waals surface area contributed by atoms with Gasteiger partial charge in [-0.2, -0.15) is 0 Å². The molecule has 8 heavy (non-hydrogen) atoms. The van der Waals surface area contributed by atoms with Crippen LogP contribution >= 0.6 is 0 Å². The molecule has 4 nitrogen and oxygen atoms in total. The quantitative estimate of drug-likeness (QED) is 0.366. The summed E-state index contributed by atoms with van der Waals surface area (Å²) in [5.74, 6) is 0. The van der Waals surface area contributed by atoms with Gasteiger partial charge in [0.15, 0.2) is 0 Å². The van der Waals surface area contributed by atoms with Gasteiger partial charge in [-0.25, -0.2) is 4.79 Å². The molecular formula is C3H7KO4. The van der Waals surface area contributed by atoms with E-state index in [4.69, 9.17) is 19.8 Å². The van der Waals surface area contributed by atoms with Crippen LogP contribution in [0.5, 0.6) is 0 Å². The summed E-state index contributed by atoms with van der Waals surface area (Å²) in [5, 5.41) is 13.9. The van der Waals surface area contributed by atoms with Gasteiger partial charge in [0.1, 0.15) is 6.29 Å². The molecule has 0 heterocycles. The Labute approximate surface area is 89.3 Å². The monoisotopic (exact) mass is 146 g/mol. The van der Waals surface area contributed by atoms with Crippen LogP contribution in [0.15, 0.2) is 0 Å². The van der Waals surface area contributed by atoms with Crippen LogP contribution in [-0.4, -0.2) is 74.0 Å². The minimum atomic E-state index is -1.83. The zero-order valence-corrected chi connectivity index (χ0v) is 3.79. The third-order valence-electron chi connectivity index (χ3n) is 0. The van der Waals surface area contributed by atoms with Crippen molar-refractivity contribution < 1.29 is 19.8 Å². The minimum absolute atomic E-state index is 0. The number of rotatable bonds is 0. The first-order chi connectivity index (χ1) is 3.15. The molecule has 0 atom stereocenters. The van der Waals surface area contributed by atoms with E-state index in [9.17, 15) is 0 Å². The van der Waals surface area contributed by atoms with Crippen molar-refractivity contribution in [1.82, 2.24) is 0 Å². The van der Waals surface area contributed by atoms with Crippen LogP contribution in [0.1, 0.15) is 6.92 Å². The van der Waals surface area contributed by atoms with Crippen molar-refractivity contribution in [1.29, 1.82) is 0 Å². The van der Waals surface area contributed by atoms with Crippen molar-refractivity contribution in [2.45, 2.75) is 6.92 Å². The third-order valence-corrected chi connectivity index (χ3v) is 0. The zero-order chi connectivity index (χ0) is 6.28. The van der Waals surface area contributed by atoms with Gasteiger partial charge in [-0.1, -0.05) is 0 Å². The molecule has 5 heteroatoms. The number of hydrogen-bond donors (Lipinski definition) is 2. The van der Waals surface area contributed by atoms with Crippen LogP contribution < -0.4 is 0 Å². The normalized spacial score (nSPS) is 4.62. The molecular weight excluding hydrogens is 139 g/mol. The second kappa shape index (κ2) is 15.6. The van der Waals surface area contributed by atoms with Crippen LogP contribution in [0.4, 0.5) is 4.79 Å². The standard InChI is InChI=1S/C2H4O.CH2O3.K.H/c1-2-3;2-1(3)4;;/h2H,1H3;(H2,2,3,4);;. The van der Waals surface area contributed by atoms with Gasteiger partial charge in [-0.15, -0.1) is 0 Å². The molecule has 44 valence electrons. The van der Waals surface area contributed by atoms with Crippen molar-refractivity contribution >= 4 is 63.8 Å². The molecule has 0 aliphatic carbocycles. The van der Waals surface area contributed by atoms with Crippen molar-refractivity contribution in [3.63, 3.8) is 0 Å². The second-order valence-corrected chi connectivity index (χ2v) is 0.518. The van der Waals surface area contributed by atoms with E-state index in [1.54, 1.807) is 0 Å². The molecule has 0 saturated heterocycles. The summed E-state index contributed by atoms with van der Waals surface area (Å²) in [6, 6.07) is 0. The third kappa shape index (κ3) is 616. The molecule has 0 fully saturated rings. The van der Waals surface area contributed by atoms with Gasteiger partial charge in [0.05, 0.1) is 0 Å². The number of aldehydes is 1. The topological polar surface area (TPSA) is 74.6 Å². The van der Waals surface area contributed by atoms with Crippen LogP contribution in [0, 0.1) is 0 Å². The van der Waals surface area contributed by atoms with Crippen molar-refractivity contribution in [2.24, 2.45) is 0 Å². The summed E-state index contributed by atoms with van der Waals surface area (Å²) in [7, 11) is 0. The van der Waals surface area contributed by atoms with Crippen LogP contribution in [0.3, 0.4) is 0 Å². The molecule has 0 rings (SSSR count). The van der Waals surface area contributed by atoms with Crippen molar-refractivity contribution in [3.8, 4) is 0 Å². The summed E-state index contributed by atoms with van der Waals surface area (Å²) in [4.78, 5) is 17.4. The van der Waals surface area contributed by atoms with E-state index in [-0.39, 0.29) is 51.4 Å². The zero-order valence-electron chi connectivity index (χ0n) is 3.79. The molecule has 0 unspecified atom stereocenters. The predicted octanol–water partition coefficient (Wildman–Crippen LogP) is -0.221. The number of carboxylic acid groups (broad SMARTS) is 2. The Balaban J connectivity index is -0.0000000575. The summed E-state index contributed by atoms with van der Waals surface area (Å²) >= 11 is 0. The maximum absolute atomic E-state index is 8.81. The van der Waals surface area contributed by atoms with Gasteiger partial charge in [0.2, 0.25) is 0 Å². The van der Waals surface area contributed by atoms with E-state index < -0.39 is 6.16 Å². The van der Waals surface area contributed by atoms with Crippen LogP contribution in [-0.2, 0) is 4.79 Å². The Morgan fingerprint density at radius 2 is 1.50 bits per heavy atom. The molecule has 0 aromatic rings. The van der Waals surface area contributed by atoms with Gasteiger partial charge in [-0.05, 0) is 6.92 Å². The molecule has 0 aliphatic heterocycles. The summed E-state index contributed by atoms with van der Waals surface area (Å²) in [6.07, 6.45) is -1.08. The van der Waals surface area contributed by atoms with E-state index in [1.807, 2.05) is 0 Å². The molecule has 0 amide bonds. The SMILES string of the molecule is CC=O.O=C(O)O.[KH]. The number of carbonyl (C=O) groups excluding carboxylic acids is 1. The van der Waals surface area contributed by atoms with Crippen molar-refractivity contribution in [3.05, 3.63) is 0 Å². The fourth-order valence-electron chi connectivity index (χ4n) is 0. The Bertz CT molecular complexity index is 58.3. The number of carbonyl (C=O) groups is 2. The van der Waals surface area contributed by atoms with Gasteiger partial charge >= 0.3 is 57.5 Å². The molecule has 0 aromatic carbocycles. The van der Waals surface area contributed by atoms with Gasteiger partial charge in [0, 0.05) is 0 Å². The van der Waals surface area contributed by atoms with Gasteiger partial charge < -0.3 is 15.0 Å². The summed E-state index contributed by atoms with van der Waals surface area (Å²) in [6.45, 7) is 1.44. The Morgan fingerprint density at radius 3 is 1.50 bits per heavy atom. The van der Waals surface area contributed by atoms with Gasteiger partial charge in [0.25, 0.3) is 0 Å².